The summed E-state index contributed by atoms with van der Waals surface area (Å²) in [6.07, 6.45) is 18.6. The molecule has 2 aliphatic rings. The first kappa shape index (κ1) is 15.1. The lowest BCUT2D eigenvalue weighted by Gasteiger charge is -2.26. The van der Waals surface area contributed by atoms with Crippen LogP contribution < -0.4 is 0 Å². The molecule has 0 heterocycles. The summed E-state index contributed by atoms with van der Waals surface area (Å²) in [5.74, 6) is 0. The molecule has 0 amide bonds. The molecule has 2 rings (SSSR count). The molecule has 0 aromatic heterocycles. The maximum absolute atomic E-state index is 6.41. The number of hydrogen-bond acceptors (Lipinski definition) is 1. The highest BCUT2D eigenvalue weighted by Crippen LogP contribution is 2.30. The molecular weight excluding hydrogens is 248 g/mol. The molecule has 107 valence electrons. The molecule has 0 spiro atoms. The maximum atomic E-state index is 6.41. The molecule has 0 unspecified atom stereocenters. The lowest BCUT2D eigenvalue weighted by molar-refractivity contribution is 0.267. The van der Waals surface area contributed by atoms with Crippen LogP contribution in [0.4, 0.5) is 0 Å². The van der Waals surface area contributed by atoms with Gasteiger partial charge in [-0.25, -0.2) is 0 Å². The van der Waals surface area contributed by atoms with Crippen LogP contribution in [0.25, 0.3) is 0 Å². The van der Waals surface area contributed by atoms with Crippen LogP contribution in [0, 0.1) is 0 Å². The minimum Gasteiger partial charge on any atom is -0.407 e. The monoisotopic (exact) mass is 277 g/mol. The quantitative estimate of drug-likeness (QED) is 0.493. The van der Waals surface area contributed by atoms with Crippen LogP contribution in [0.5, 0.6) is 0 Å². The van der Waals surface area contributed by atoms with Crippen LogP contribution in [-0.2, 0) is 4.43 Å². The van der Waals surface area contributed by atoms with Crippen molar-refractivity contribution in [3.05, 3.63) is 23.3 Å². The highest BCUT2D eigenvalue weighted by Gasteiger charge is 2.22. The summed E-state index contributed by atoms with van der Waals surface area (Å²) >= 11 is 0. The third kappa shape index (κ3) is 4.92. The Labute approximate surface area is 120 Å². The van der Waals surface area contributed by atoms with Crippen LogP contribution >= 0.6 is 0 Å². The van der Waals surface area contributed by atoms with E-state index in [1.807, 2.05) is 0 Å². The zero-order valence-corrected chi connectivity index (χ0v) is 13.7. The van der Waals surface area contributed by atoms with Crippen LogP contribution in [0.2, 0.25) is 13.1 Å². The SMILES string of the molecule is C[Si](C)OC(C1=CCCCCC1)C1=CCCCCC1. The fourth-order valence-corrected chi connectivity index (χ4v) is 3.96. The highest BCUT2D eigenvalue weighted by atomic mass is 28.3. The molecule has 0 aromatic carbocycles. The second-order valence-corrected chi connectivity index (χ2v) is 8.22. The molecule has 0 N–H and O–H groups in total. The van der Waals surface area contributed by atoms with E-state index < -0.39 is 9.04 Å². The molecule has 1 radical (unpaired) electrons. The molecule has 2 aliphatic carbocycles. The molecule has 0 atom stereocenters. The van der Waals surface area contributed by atoms with Gasteiger partial charge in [-0.3, -0.25) is 0 Å². The van der Waals surface area contributed by atoms with Crippen molar-refractivity contribution in [2.24, 2.45) is 0 Å². The largest absolute Gasteiger partial charge is 0.407 e. The number of rotatable bonds is 4. The van der Waals surface area contributed by atoms with E-state index in [4.69, 9.17) is 4.43 Å². The molecule has 2 heteroatoms. The molecule has 1 nitrogen and oxygen atoms in total. The van der Waals surface area contributed by atoms with Crippen molar-refractivity contribution in [3.8, 4) is 0 Å². The minimum atomic E-state index is -0.635. The van der Waals surface area contributed by atoms with Crippen LogP contribution in [0.1, 0.15) is 64.2 Å². The Hall–Kier alpha value is -0.343. The van der Waals surface area contributed by atoms with E-state index in [1.54, 1.807) is 11.1 Å². The minimum absolute atomic E-state index is 0.333. The van der Waals surface area contributed by atoms with Crippen molar-refractivity contribution in [1.82, 2.24) is 0 Å². The van der Waals surface area contributed by atoms with Gasteiger partial charge < -0.3 is 4.43 Å². The van der Waals surface area contributed by atoms with Gasteiger partial charge >= 0.3 is 0 Å². The third-order valence-electron chi connectivity index (χ3n) is 4.18. The summed E-state index contributed by atoms with van der Waals surface area (Å²) in [5.41, 5.74) is 3.19. The average molecular weight is 278 g/mol. The Kier molecular flexibility index (Phi) is 6.38. The fourth-order valence-electron chi connectivity index (χ4n) is 3.18. The van der Waals surface area contributed by atoms with Crippen molar-refractivity contribution >= 4 is 9.04 Å². The van der Waals surface area contributed by atoms with E-state index in [9.17, 15) is 0 Å². The predicted molar refractivity (Wildman–Crippen MR) is 84.7 cm³/mol. The second-order valence-electron chi connectivity index (χ2n) is 6.16. The molecule has 0 fully saturated rings. The Morgan fingerprint density at radius 2 is 1.37 bits per heavy atom. The van der Waals surface area contributed by atoms with E-state index >= 15 is 0 Å². The summed E-state index contributed by atoms with van der Waals surface area (Å²) in [4.78, 5) is 0. The summed E-state index contributed by atoms with van der Waals surface area (Å²) in [7, 11) is -0.635. The molecular formula is C17H29OSi. The fraction of sp³-hybridized carbons (Fsp3) is 0.765. The molecule has 0 bridgehead atoms. The standard InChI is InChI=1S/C17H29OSi/c1-19(2)18-17(15-11-7-3-4-8-12-15)16-13-9-5-6-10-14-16/h11,13,17H,3-10,12,14H2,1-2H3. The van der Waals surface area contributed by atoms with Crippen molar-refractivity contribution < 1.29 is 4.43 Å². The van der Waals surface area contributed by atoms with Gasteiger partial charge in [-0.2, -0.15) is 0 Å². The van der Waals surface area contributed by atoms with E-state index in [0.717, 1.165) is 0 Å². The summed E-state index contributed by atoms with van der Waals surface area (Å²) in [6.45, 7) is 4.54. The zero-order valence-electron chi connectivity index (χ0n) is 12.7. The Balaban J connectivity index is 2.13. The molecule has 19 heavy (non-hydrogen) atoms. The van der Waals surface area contributed by atoms with Crippen molar-refractivity contribution in [2.45, 2.75) is 83.4 Å². The number of allylic oxidation sites excluding steroid dienone is 2. The zero-order chi connectivity index (χ0) is 13.5. The maximum Gasteiger partial charge on any atom is 0.206 e. The van der Waals surface area contributed by atoms with E-state index in [2.05, 4.69) is 25.2 Å². The van der Waals surface area contributed by atoms with E-state index in [0.29, 0.717) is 6.10 Å². The van der Waals surface area contributed by atoms with Gasteiger partial charge in [0.25, 0.3) is 0 Å². The molecule has 0 aliphatic heterocycles. The Morgan fingerprint density at radius 3 is 1.84 bits per heavy atom. The first-order valence-corrected chi connectivity index (χ1v) is 10.5. The first-order valence-electron chi connectivity index (χ1n) is 8.12. The summed E-state index contributed by atoms with van der Waals surface area (Å²) in [6, 6.07) is 0. The second kappa shape index (κ2) is 8.06. The average Bonchev–Trinajstić information content (AvgIpc) is 2.80. The van der Waals surface area contributed by atoms with Gasteiger partial charge in [-0.1, -0.05) is 25.0 Å². The van der Waals surface area contributed by atoms with Gasteiger partial charge in [0.15, 0.2) is 0 Å². The summed E-state index contributed by atoms with van der Waals surface area (Å²) in [5, 5.41) is 0. The normalized spacial score (nSPS) is 21.9. The topological polar surface area (TPSA) is 9.23 Å². The van der Waals surface area contributed by atoms with Crippen LogP contribution in [-0.4, -0.2) is 15.1 Å². The smallest absolute Gasteiger partial charge is 0.206 e. The van der Waals surface area contributed by atoms with Gasteiger partial charge in [0, 0.05) is 0 Å². The van der Waals surface area contributed by atoms with Gasteiger partial charge in [-0.15, -0.1) is 0 Å². The lowest BCUT2D eigenvalue weighted by Crippen LogP contribution is -2.25. The van der Waals surface area contributed by atoms with E-state index in [1.165, 1.54) is 64.2 Å². The van der Waals surface area contributed by atoms with Gasteiger partial charge in [0.1, 0.15) is 0 Å². The third-order valence-corrected chi connectivity index (χ3v) is 4.89. The van der Waals surface area contributed by atoms with Gasteiger partial charge in [-0.05, 0) is 75.6 Å². The Morgan fingerprint density at radius 1 is 0.842 bits per heavy atom. The van der Waals surface area contributed by atoms with Crippen molar-refractivity contribution in [3.63, 3.8) is 0 Å². The Bertz CT molecular complexity index is 302. The molecule has 0 saturated carbocycles. The highest BCUT2D eigenvalue weighted by molar-refractivity contribution is 6.48. The van der Waals surface area contributed by atoms with Gasteiger partial charge in [0.2, 0.25) is 9.04 Å². The van der Waals surface area contributed by atoms with Crippen LogP contribution in [0.3, 0.4) is 0 Å². The molecule has 0 aromatic rings. The summed E-state index contributed by atoms with van der Waals surface area (Å²) < 4.78 is 6.41. The van der Waals surface area contributed by atoms with Crippen molar-refractivity contribution in [2.75, 3.05) is 0 Å². The predicted octanol–water partition coefficient (Wildman–Crippen LogP) is 5.40. The van der Waals surface area contributed by atoms with Crippen LogP contribution in [0.15, 0.2) is 23.3 Å². The van der Waals surface area contributed by atoms with Crippen molar-refractivity contribution in [1.29, 1.82) is 0 Å². The number of hydrogen-bond donors (Lipinski definition) is 0. The van der Waals surface area contributed by atoms with E-state index in [-0.39, 0.29) is 0 Å². The molecule has 0 saturated heterocycles. The first-order chi connectivity index (χ1) is 9.27. The lowest BCUT2D eigenvalue weighted by atomic mass is 9.95. The van der Waals surface area contributed by atoms with Gasteiger partial charge in [0.05, 0.1) is 6.10 Å².